The molecular weight excluding hydrogens is 282 g/mol. The summed E-state index contributed by atoms with van der Waals surface area (Å²) < 4.78 is 31.3. The van der Waals surface area contributed by atoms with Gasteiger partial charge in [0.05, 0.1) is 7.11 Å². The molecule has 0 bridgehead atoms. The summed E-state index contributed by atoms with van der Waals surface area (Å²) in [7, 11) is -2.64. The topological polar surface area (TPSA) is 87.7 Å². The van der Waals surface area contributed by atoms with Crippen molar-refractivity contribution in [2.75, 3.05) is 26.7 Å². The molecule has 1 saturated heterocycles. The number of carbonyl (C=O) groups is 1. The number of carbonyl (C=O) groups excluding carboxylic acids is 1. The first-order valence-electron chi connectivity index (χ1n) is 7.00. The number of hydrogen-bond donors (Lipinski definition) is 2. The molecule has 1 rings (SSSR count). The number of amides is 1. The van der Waals surface area contributed by atoms with Crippen molar-refractivity contribution >= 4 is 16.3 Å². The zero-order valence-corrected chi connectivity index (χ0v) is 13.2. The number of hydrogen-bond acceptors (Lipinski definition) is 5. The highest BCUT2D eigenvalue weighted by atomic mass is 32.2. The molecule has 118 valence electrons. The van der Waals surface area contributed by atoms with Crippen LogP contribution in [0.15, 0.2) is 0 Å². The molecule has 2 N–H and O–H groups in total. The Morgan fingerprint density at radius 1 is 1.40 bits per heavy atom. The summed E-state index contributed by atoms with van der Waals surface area (Å²) in [4.78, 5) is 11.0. The summed E-state index contributed by atoms with van der Waals surface area (Å²) in [6.07, 6.45) is 1.71. The maximum atomic E-state index is 11.9. The van der Waals surface area contributed by atoms with Gasteiger partial charge in [0, 0.05) is 19.1 Å². The van der Waals surface area contributed by atoms with Gasteiger partial charge in [0.25, 0.3) is 0 Å². The second-order valence-corrected chi connectivity index (χ2v) is 6.75. The van der Waals surface area contributed by atoms with Crippen LogP contribution in [0, 0.1) is 5.92 Å². The molecule has 0 spiro atoms. The van der Waals surface area contributed by atoms with Crippen molar-refractivity contribution < 1.29 is 17.9 Å². The Kier molecular flexibility index (Phi) is 6.70. The van der Waals surface area contributed by atoms with E-state index in [2.05, 4.69) is 23.9 Å². The van der Waals surface area contributed by atoms with E-state index in [-0.39, 0.29) is 0 Å². The van der Waals surface area contributed by atoms with E-state index in [0.717, 1.165) is 32.9 Å². The third-order valence-corrected chi connectivity index (χ3v) is 5.13. The molecule has 1 heterocycles. The fraction of sp³-hybridized carbons (Fsp3) is 0.917. The maximum Gasteiger partial charge on any atom is 0.421 e. The number of rotatable bonds is 6. The minimum atomic E-state index is -3.77. The van der Waals surface area contributed by atoms with Crippen LogP contribution in [-0.2, 0) is 14.9 Å². The van der Waals surface area contributed by atoms with Gasteiger partial charge >= 0.3 is 16.3 Å². The third-order valence-electron chi connectivity index (χ3n) is 3.66. The molecule has 20 heavy (non-hydrogen) atoms. The average Bonchev–Trinajstić information content (AvgIpc) is 2.44. The van der Waals surface area contributed by atoms with Crippen LogP contribution < -0.4 is 10.0 Å². The molecule has 0 aromatic carbocycles. The van der Waals surface area contributed by atoms with Gasteiger partial charge in [0.15, 0.2) is 0 Å². The SMILES string of the molecule is CCCNC(C)C1CCN(S(=O)(=O)NC(=O)OC)CC1. The summed E-state index contributed by atoms with van der Waals surface area (Å²) in [6, 6.07) is 0.383. The van der Waals surface area contributed by atoms with E-state index in [9.17, 15) is 13.2 Å². The van der Waals surface area contributed by atoms with Crippen molar-refractivity contribution in [1.29, 1.82) is 0 Å². The van der Waals surface area contributed by atoms with Gasteiger partial charge in [-0.15, -0.1) is 0 Å². The van der Waals surface area contributed by atoms with Crippen LogP contribution in [0.3, 0.4) is 0 Å². The Balaban J connectivity index is 2.47. The number of piperidine rings is 1. The van der Waals surface area contributed by atoms with Gasteiger partial charge in [-0.2, -0.15) is 12.7 Å². The van der Waals surface area contributed by atoms with Gasteiger partial charge in [-0.3, -0.25) is 0 Å². The molecule has 0 saturated carbocycles. The average molecular weight is 307 g/mol. The Labute approximate surface area is 121 Å². The van der Waals surface area contributed by atoms with Crippen molar-refractivity contribution in [1.82, 2.24) is 14.3 Å². The molecule has 0 radical (unpaired) electrons. The van der Waals surface area contributed by atoms with E-state index < -0.39 is 16.3 Å². The van der Waals surface area contributed by atoms with Gasteiger partial charge in [0.1, 0.15) is 0 Å². The van der Waals surface area contributed by atoms with Crippen LogP contribution in [0.4, 0.5) is 4.79 Å². The van der Waals surface area contributed by atoms with Crippen LogP contribution in [-0.4, -0.2) is 51.6 Å². The van der Waals surface area contributed by atoms with E-state index in [1.54, 1.807) is 0 Å². The number of nitrogens with one attached hydrogen (secondary N) is 2. The molecule has 1 unspecified atom stereocenters. The number of ether oxygens (including phenoxy) is 1. The smallest absolute Gasteiger partial charge is 0.421 e. The van der Waals surface area contributed by atoms with E-state index in [0.29, 0.717) is 25.0 Å². The van der Waals surface area contributed by atoms with E-state index >= 15 is 0 Å². The number of nitrogens with zero attached hydrogens (tertiary/aromatic N) is 1. The van der Waals surface area contributed by atoms with Gasteiger partial charge in [0.2, 0.25) is 0 Å². The second kappa shape index (κ2) is 7.80. The van der Waals surface area contributed by atoms with Crippen LogP contribution >= 0.6 is 0 Å². The molecule has 8 heteroatoms. The molecule has 1 atom stereocenters. The minimum Gasteiger partial charge on any atom is -0.452 e. The Hall–Kier alpha value is -0.860. The molecule has 1 fully saturated rings. The van der Waals surface area contributed by atoms with Crippen LogP contribution in [0.25, 0.3) is 0 Å². The molecule has 7 nitrogen and oxygen atoms in total. The maximum absolute atomic E-state index is 11.9. The first-order chi connectivity index (χ1) is 9.40. The monoisotopic (exact) mass is 307 g/mol. The molecule has 0 aromatic rings. The Bertz CT molecular complexity index is 405. The summed E-state index contributed by atoms with van der Waals surface area (Å²) in [6.45, 7) is 6.08. The van der Waals surface area contributed by atoms with E-state index in [1.807, 2.05) is 4.72 Å². The molecule has 1 aliphatic heterocycles. The van der Waals surface area contributed by atoms with Crippen molar-refractivity contribution in [3.63, 3.8) is 0 Å². The van der Waals surface area contributed by atoms with Crippen molar-refractivity contribution in [2.24, 2.45) is 5.92 Å². The zero-order valence-electron chi connectivity index (χ0n) is 12.4. The second-order valence-electron chi connectivity index (χ2n) is 5.08. The van der Waals surface area contributed by atoms with Crippen molar-refractivity contribution in [3.05, 3.63) is 0 Å². The van der Waals surface area contributed by atoms with Gasteiger partial charge in [-0.25, -0.2) is 9.52 Å². The third kappa shape index (κ3) is 4.92. The summed E-state index contributed by atoms with van der Waals surface area (Å²) >= 11 is 0. The fourth-order valence-corrected chi connectivity index (χ4v) is 3.48. The lowest BCUT2D eigenvalue weighted by molar-refractivity contribution is 0.175. The predicted octanol–water partition coefficient (Wildman–Crippen LogP) is 0.687. The largest absolute Gasteiger partial charge is 0.452 e. The highest BCUT2D eigenvalue weighted by Gasteiger charge is 2.31. The Morgan fingerprint density at radius 3 is 2.50 bits per heavy atom. The van der Waals surface area contributed by atoms with Gasteiger partial charge in [-0.1, -0.05) is 6.92 Å². The lowest BCUT2D eigenvalue weighted by Gasteiger charge is -2.34. The Morgan fingerprint density at radius 2 is 2.00 bits per heavy atom. The predicted molar refractivity (Wildman–Crippen MR) is 76.5 cm³/mol. The number of methoxy groups -OCH3 is 1. The first-order valence-corrected chi connectivity index (χ1v) is 8.44. The molecule has 0 aliphatic carbocycles. The standard InChI is InChI=1S/C12H25N3O4S/c1-4-7-13-10(2)11-5-8-15(9-6-11)20(17,18)14-12(16)19-3/h10-11,13H,4-9H2,1-3H3,(H,14,16). The van der Waals surface area contributed by atoms with Crippen molar-refractivity contribution in [2.45, 2.75) is 39.2 Å². The highest BCUT2D eigenvalue weighted by Crippen LogP contribution is 2.22. The zero-order chi connectivity index (χ0) is 15.2. The summed E-state index contributed by atoms with van der Waals surface area (Å²) in [5, 5.41) is 3.44. The van der Waals surface area contributed by atoms with Crippen LogP contribution in [0.1, 0.15) is 33.1 Å². The normalized spacial score (nSPS) is 19.6. The summed E-state index contributed by atoms with van der Waals surface area (Å²) in [5.74, 6) is 0.464. The highest BCUT2D eigenvalue weighted by molar-refractivity contribution is 7.87. The fourth-order valence-electron chi connectivity index (χ4n) is 2.37. The lowest BCUT2D eigenvalue weighted by Crippen LogP contribution is -2.49. The van der Waals surface area contributed by atoms with Crippen LogP contribution in [0.2, 0.25) is 0 Å². The van der Waals surface area contributed by atoms with Crippen molar-refractivity contribution in [3.8, 4) is 0 Å². The molecule has 1 amide bonds. The van der Waals surface area contributed by atoms with Gasteiger partial charge in [-0.05, 0) is 38.6 Å². The van der Waals surface area contributed by atoms with E-state index in [1.165, 1.54) is 4.31 Å². The first kappa shape index (κ1) is 17.2. The molecule has 1 aliphatic rings. The van der Waals surface area contributed by atoms with E-state index in [4.69, 9.17) is 0 Å². The minimum absolute atomic E-state index is 0.383. The summed E-state index contributed by atoms with van der Waals surface area (Å²) in [5.41, 5.74) is 0. The molecule has 0 aromatic heterocycles. The quantitative estimate of drug-likeness (QED) is 0.754. The molecular formula is C12H25N3O4S. The van der Waals surface area contributed by atoms with Crippen LogP contribution in [0.5, 0.6) is 0 Å². The van der Waals surface area contributed by atoms with Gasteiger partial charge < -0.3 is 10.1 Å². The lowest BCUT2D eigenvalue weighted by atomic mass is 9.91.